The molecule has 2 aromatic rings. The van der Waals surface area contributed by atoms with Crippen LogP contribution in [0.3, 0.4) is 0 Å². The van der Waals surface area contributed by atoms with E-state index in [1.165, 1.54) is 25.2 Å². The van der Waals surface area contributed by atoms with Gasteiger partial charge < -0.3 is 9.47 Å². The summed E-state index contributed by atoms with van der Waals surface area (Å²) in [5.41, 5.74) is 2.29. The molecule has 2 amide bonds. The van der Waals surface area contributed by atoms with E-state index in [0.29, 0.717) is 27.2 Å². The van der Waals surface area contributed by atoms with Gasteiger partial charge in [0.1, 0.15) is 5.57 Å². The fourth-order valence-electron chi connectivity index (χ4n) is 2.91. The predicted octanol–water partition coefficient (Wildman–Crippen LogP) is 3.86. The molecule has 150 valence electrons. The van der Waals surface area contributed by atoms with Crippen LogP contribution in [-0.4, -0.2) is 31.1 Å². The van der Waals surface area contributed by atoms with Crippen LogP contribution >= 0.6 is 28.1 Å². The Balaban J connectivity index is 2.03. The smallest absolute Gasteiger partial charge is 0.270 e. The SMILES string of the molecule is CCc1ccc(N2C(=O)/C(=C/c3cc(OC)c(OC)cc3Br)C(=O)NC2=S)cc1. The van der Waals surface area contributed by atoms with Crippen molar-refractivity contribution in [3.63, 3.8) is 0 Å². The molecule has 1 aliphatic rings. The van der Waals surface area contributed by atoms with Crippen LogP contribution in [0, 0.1) is 0 Å². The maximum Gasteiger partial charge on any atom is 0.270 e. The second kappa shape index (κ2) is 8.75. The molecule has 0 bridgehead atoms. The van der Waals surface area contributed by atoms with E-state index < -0.39 is 11.8 Å². The Morgan fingerprint density at radius 1 is 1.10 bits per heavy atom. The van der Waals surface area contributed by atoms with Crippen LogP contribution in [0.1, 0.15) is 18.1 Å². The molecule has 1 saturated heterocycles. The first-order valence-corrected chi connectivity index (χ1v) is 10.0. The zero-order valence-electron chi connectivity index (χ0n) is 16.1. The van der Waals surface area contributed by atoms with Gasteiger partial charge in [-0.25, -0.2) is 0 Å². The highest BCUT2D eigenvalue weighted by molar-refractivity contribution is 9.10. The van der Waals surface area contributed by atoms with E-state index in [9.17, 15) is 9.59 Å². The molecule has 0 unspecified atom stereocenters. The van der Waals surface area contributed by atoms with Crippen molar-refractivity contribution in [3.05, 3.63) is 57.6 Å². The van der Waals surface area contributed by atoms with E-state index in [-0.39, 0.29) is 10.7 Å². The second-order valence-electron chi connectivity index (χ2n) is 6.21. The van der Waals surface area contributed by atoms with Crippen LogP contribution in [0.2, 0.25) is 0 Å². The molecular weight excluding hydrogens is 456 g/mol. The van der Waals surface area contributed by atoms with Crippen LogP contribution in [0.25, 0.3) is 6.08 Å². The minimum atomic E-state index is -0.553. The van der Waals surface area contributed by atoms with Gasteiger partial charge in [0.25, 0.3) is 11.8 Å². The number of hydrogen-bond acceptors (Lipinski definition) is 5. The predicted molar refractivity (Wildman–Crippen MR) is 119 cm³/mol. The third-order valence-electron chi connectivity index (χ3n) is 4.51. The van der Waals surface area contributed by atoms with Gasteiger partial charge >= 0.3 is 0 Å². The molecule has 6 nitrogen and oxygen atoms in total. The van der Waals surface area contributed by atoms with E-state index >= 15 is 0 Å². The number of rotatable bonds is 5. The van der Waals surface area contributed by atoms with Crippen molar-refractivity contribution < 1.29 is 19.1 Å². The minimum absolute atomic E-state index is 0.0360. The first kappa shape index (κ1) is 21.0. The summed E-state index contributed by atoms with van der Waals surface area (Å²) in [4.78, 5) is 26.9. The number of amides is 2. The second-order valence-corrected chi connectivity index (χ2v) is 7.45. The molecule has 0 saturated carbocycles. The van der Waals surface area contributed by atoms with Gasteiger partial charge in [-0.15, -0.1) is 0 Å². The maximum atomic E-state index is 13.1. The highest BCUT2D eigenvalue weighted by Crippen LogP contribution is 2.35. The van der Waals surface area contributed by atoms with E-state index in [1.54, 1.807) is 12.1 Å². The monoisotopic (exact) mass is 474 g/mol. The fourth-order valence-corrected chi connectivity index (χ4v) is 3.63. The van der Waals surface area contributed by atoms with Crippen molar-refractivity contribution in [1.82, 2.24) is 5.32 Å². The van der Waals surface area contributed by atoms with Crippen molar-refractivity contribution in [3.8, 4) is 11.5 Å². The van der Waals surface area contributed by atoms with Gasteiger partial charge in [0, 0.05) is 4.47 Å². The summed E-state index contributed by atoms with van der Waals surface area (Å²) >= 11 is 8.68. The van der Waals surface area contributed by atoms with E-state index in [0.717, 1.165) is 12.0 Å². The molecular formula is C21H19BrN2O4S. The highest BCUT2D eigenvalue weighted by atomic mass is 79.9. The summed E-state index contributed by atoms with van der Waals surface area (Å²) in [7, 11) is 3.05. The third kappa shape index (κ3) is 4.18. The molecule has 0 spiro atoms. The summed E-state index contributed by atoms with van der Waals surface area (Å²) < 4.78 is 11.2. The number of carbonyl (C=O) groups excluding carboxylic acids is 2. The summed E-state index contributed by atoms with van der Waals surface area (Å²) in [5, 5.41) is 2.63. The number of hydrogen-bond donors (Lipinski definition) is 1. The number of benzene rings is 2. The van der Waals surface area contributed by atoms with Gasteiger partial charge in [-0.1, -0.05) is 35.0 Å². The van der Waals surface area contributed by atoms with Crippen molar-refractivity contribution in [2.75, 3.05) is 19.1 Å². The Morgan fingerprint density at radius 3 is 2.31 bits per heavy atom. The lowest BCUT2D eigenvalue weighted by atomic mass is 10.1. The molecule has 1 heterocycles. The number of thiocarbonyl (C=S) groups is 1. The van der Waals surface area contributed by atoms with Crippen LogP contribution < -0.4 is 19.7 Å². The topological polar surface area (TPSA) is 67.9 Å². The van der Waals surface area contributed by atoms with Crippen molar-refractivity contribution in [2.24, 2.45) is 0 Å². The molecule has 8 heteroatoms. The van der Waals surface area contributed by atoms with Crippen LogP contribution in [0.5, 0.6) is 11.5 Å². The fraction of sp³-hybridized carbons (Fsp3) is 0.190. The molecule has 1 N–H and O–H groups in total. The summed E-state index contributed by atoms with van der Waals surface area (Å²) in [6.07, 6.45) is 2.38. The number of methoxy groups -OCH3 is 2. The number of aryl methyl sites for hydroxylation is 1. The molecule has 0 aliphatic carbocycles. The average Bonchev–Trinajstić information content (AvgIpc) is 2.72. The normalized spacial score (nSPS) is 15.5. The standard InChI is InChI=1S/C21H19BrN2O4S/c1-4-12-5-7-14(8-6-12)24-20(26)15(19(25)23-21(24)29)9-13-10-17(27-2)18(28-3)11-16(13)22/h5-11H,4H2,1-3H3,(H,23,25,29)/b15-9+. The average molecular weight is 475 g/mol. The van der Waals surface area contributed by atoms with Gasteiger partial charge in [-0.2, -0.15) is 0 Å². The Morgan fingerprint density at radius 2 is 1.72 bits per heavy atom. The molecule has 1 fully saturated rings. The molecule has 0 radical (unpaired) electrons. The molecule has 2 aromatic carbocycles. The number of halogens is 1. The zero-order chi connectivity index (χ0) is 21.1. The van der Waals surface area contributed by atoms with Gasteiger partial charge in [0.15, 0.2) is 16.6 Å². The van der Waals surface area contributed by atoms with Gasteiger partial charge in [0.2, 0.25) is 0 Å². The van der Waals surface area contributed by atoms with Gasteiger partial charge in [-0.05, 0) is 60.1 Å². The van der Waals surface area contributed by atoms with E-state index in [1.807, 2.05) is 31.2 Å². The lowest BCUT2D eigenvalue weighted by Crippen LogP contribution is -2.54. The van der Waals surface area contributed by atoms with Crippen LogP contribution in [-0.2, 0) is 16.0 Å². The van der Waals surface area contributed by atoms with Crippen molar-refractivity contribution in [2.45, 2.75) is 13.3 Å². The lowest BCUT2D eigenvalue weighted by molar-refractivity contribution is -0.122. The largest absolute Gasteiger partial charge is 0.493 e. The minimum Gasteiger partial charge on any atom is -0.493 e. The summed E-state index contributed by atoms with van der Waals surface area (Å²) in [6, 6.07) is 10.9. The van der Waals surface area contributed by atoms with Crippen molar-refractivity contribution in [1.29, 1.82) is 0 Å². The summed E-state index contributed by atoms with van der Waals surface area (Å²) in [6.45, 7) is 2.05. The number of anilines is 1. The third-order valence-corrected chi connectivity index (χ3v) is 5.48. The Bertz CT molecular complexity index is 1020. The maximum absolute atomic E-state index is 13.1. The van der Waals surface area contributed by atoms with Gasteiger partial charge in [-0.3, -0.25) is 19.8 Å². The lowest BCUT2D eigenvalue weighted by Gasteiger charge is -2.29. The molecule has 3 rings (SSSR count). The molecule has 1 aliphatic heterocycles. The van der Waals surface area contributed by atoms with Crippen LogP contribution in [0.4, 0.5) is 5.69 Å². The zero-order valence-corrected chi connectivity index (χ0v) is 18.5. The Kier molecular flexibility index (Phi) is 6.34. The van der Waals surface area contributed by atoms with E-state index in [2.05, 4.69) is 21.2 Å². The molecule has 29 heavy (non-hydrogen) atoms. The highest BCUT2D eigenvalue weighted by Gasteiger charge is 2.34. The summed E-state index contributed by atoms with van der Waals surface area (Å²) in [5.74, 6) is -0.0405. The number of carbonyl (C=O) groups is 2. The number of nitrogens with zero attached hydrogens (tertiary/aromatic N) is 1. The first-order valence-electron chi connectivity index (χ1n) is 8.81. The molecule has 0 atom stereocenters. The number of ether oxygens (including phenoxy) is 2. The first-order chi connectivity index (χ1) is 13.9. The Hall–Kier alpha value is -2.71. The van der Waals surface area contributed by atoms with Gasteiger partial charge in [0.05, 0.1) is 19.9 Å². The van der Waals surface area contributed by atoms with Crippen molar-refractivity contribution >= 4 is 56.8 Å². The van der Waals surface area contributed by atoms with E-state index in [4.69, 9.17) is 21.7 Å². The quantitative estimate of drug-likeness (QED) is 0.404. The number of nitrogens with one attached hydrogen (secondary N) is 1. The Labute approximate surface area is 182 Å². The molecule has 0 aromatic heterocycles. The van der Waals surface area contributed by atoms with Crippen LogP contribution in [0.15, 0.2) is 46.4 Å².